The van der Waals surface area contributed by atoms with Crippen molar-refractivity contribution in [2.24, 2.45) is 17.8 Å². The highest BCUT2D eigenvalue weighted by atomic mass is 16.6. The van der Waals surface area contributed by atoms with Crippen LogP contribution < -0.4 is 0 Å². The van der Waals surface area contributed by atoms with Crippen LogP contribution in [0.25, 0.3) is 0 Å². The molecule has 4 aliphatic carbocycles. The third-order valence-corrected chi connectivity index (χ3v) is 5.99. The molecule has 0 amide bonds. The van der Waals surface area contributed by atoms with E-state index in [1.54, 1.807) is 12.1 Å². The van der Waals surface area contributed by atoms with Gasteiger partial charge < -0.3 is 4.74 Å². The van der Waals surface area contributed by atoms with Gasteiger partial charge in [-0.15, -0.1) is 0 Å². The standard InChI is InChI=1S/C17H19NO4/c19-10-22-17-8-11-5-12(9-17)7-14(6-11)16(17)13-1-3-15(4-2-13)18(20)21/h1-4,10-12,14,16H,5-9H2. The van der Waals surface area contributed by atoms with Crippen LogP contribution in [0.15, 0.2) is 24.3 Å². The van der Waals surface area contributed by atoms with Gasteiger partial charge in [-0.1, -0.05) is 12.1 Å². The van der Waals surface area contributed by atoms with Crippen molar-refractivity contribution in [1.29, 1.82) is 0 Å². The fraction of sp³-hybridized carbons (Fsp3) is 0.588. The van der Waals surface area contributed by atoms with Crippen LogP contribution in [0.2, 0.25) is 0 Å². The van der Waals surface area contributed by atoms with Crippen LogP contribution in [0.1, 0.15) is 43.6 Å². The Kier molecular flexibility index (Phi) is 2.99. The normalized spacial score (nSPS) is 38.7. The van der Waals surface area contributed by atoms with Crippen molar-refractivity contribution in [1.82, 2.24) is 0 Å². The largest absolute Gasteiger partial charge is 0.461 e. The lowest BCUT2D eigenvalue weighted by molar-refractivity contribution is -0.384. The minimum absolute atomic E-state index is 0.109. The molecule has 4 fully saturated rings. The van der Waals surface area contributed by atoms with Gasteiger partial charge in [0, 0.05) is 18.1 Å². The molecule has 4 saturated carbocycles. The first-order valence-electron chi connectivity index (χ1n) is 7.97. The number of carbonyl (C=O) groups is 1. The lowest BCUT2D eigenvalue weighted by Crippen LogP contribution is -2.57. The Morgan fingerprint density at radius 3 is 2.32 bits per heavy atom. The summed E-state index contributed by atoms with van der Waals surface area (Å²) in [6, 6.07) is 6.83. The van der Waals surface area contributed by atoms with Gasteiger partial charge in [-0.05, 0) is 55.4 Å². The average Bonchev–Trinajstić information content (AvgIpc) is 2.46. The summed E-state index contributed by atoms with van der Waals surface area (Å²) in [4.78, 5) is 21.6. The van der Waals surface area contributed by atoms with Crippen LogP contribution in [-0.2, 0) is 9.53 Å². The lowest BCUT2D eigenvalue weighted by atomic mass is 9.48. The number of carbonyl (C=O) groups excluding carboxylic acids is 1. The van der Waals surface area contributed by atoms with Crippen LogP contribution in [0.3, 0.4) is 0 Å². The minimum Gasteiger partial charge on any atom is -0.461 e. The second-order valence-corrected chi connectivity index (χ2v) is 7.21. The first-order valence-corrected chi connectivity index (χ1v) is 7.97. The third kappa shape index (κ3) is 1.95. The van der Waals surface area contributed by atoms with E-state index in [1.807, 2.05) is 12.1 Å². The number of hydrogen-bond acceptors (Lipinski definition) is 4. The number of rotatable bonds is 4. The zero-order chi connectivity index (χ0) is 15.3. The fourth-order valence-electron chi connectivity index (χ4n) is 5.61. The summed E-state index contributed by atoms with van der Waals surface area (Å²) in [5, 5.41) is 10.8. The molecule has 0 heterocycles. The Hall–Kier alpha value is -1.91. The van der Waals surface area contributed by atoms with Gasteiger partial charge in [0.15, 0.2) is 0 Å². The molecule has 0 spiro atoms. The molecule has 3 atom stereocenters. The predicted molar refractivity (Wildman–Crippen MR) is 79.3 cm³/mol. The van der Waals surface area contributed by atoms with E-state index in [2.05, 4.69) is 0 Å². The van der Waals surface area contributed by atoms with Crippen molar-refractivity contribution >= 4 is 12.2 Å². The molecule has 5 nitrogen and oxygen atoms in total. The quantitative estimate of drug-likeness (QED) is 0.485. The van der Waals surface area contributed by atoms with Crippen LogP contribution in [0, 0.1) is 27.9 Å². The van der Waals surface area contributed by atoms with Crippen molar-refractivity contribution in [3.05, 3.63) is 39.9 Å². The molecule has 4 aliphatic rings. The van der Waals surface area contributed by atoms with Crippen LogP contribution in [0.5, 0.6) is 0 Å². The van der Waals surface area contributed by atoms with Gasteiger partial charge in [-0.25, -0.2) is 0 Å². The predicted octanol–water partition coefficient (Wildman–Crippen LogP) is 3.43. The molecule has 5 heteroatoms. The number of nitro groups is 1. The highest BCUT2D eigenvalue weighted by Gasteiger charge is 2.59. The second-order valence-electron chi connectivity index (χ2n) is 7.21. The minimum atomic E-state index is -0.382. The Morgan fingerprint density at radius 2 is 1.77 bits per heavy atom. The van der Waals surface area contributed by atoms with Crippen molar-refractivity contribution in [3.63, 3.8) is 0 Å². The molecular formula is C17H19NO4. The highest BCUT2D eigenvalue weighted by molar-refractivity contribution is 5.42. The number of non-ortho nitro benzene ring substituents is 1. The molecule has 5 rings (SSSR count). The molecule has 0 aliphatic heterocycles. The van der Waals surface area contributed by atoms with Crippen molar-refractivity contribution in [2.75, 3.05) is 0 Å². The molecule has 116 valence electrons. The van der Waals surface area contributed by atoms with Gasteiger partial charge >= 0.3 is 0 Å². The second kappa shape index (κ2) is 4.80. The van der Waals surface area contributed by atoms with Crippen molar-refractivity contribution in [2.45, 2.75) is 43.6 Å². The van der Waals surface area contributed by atoms with E-state index in [4.69, 9.17) is 4.74 Å². The number of nitro benzene ring substituents is 1. The molecule has 1 aromatic rings. The van der Waals surface area contributed by atoms with Gasteiger partial charge in [0.2, 0.25) is 0 Å². The maximum atomic E-state index is 11.1. The maximum Gasteiger partial charge on any atom is 0.293 e. The van der Waals surface area contributed by atoms with Crippen LogP contribution >= 0.6 is 0 Å². The topological polar surface area (TPSA) is 69.4 Å². The number of hydrogen-bond donors (Lipinski definition) is 0. The van der Waals surface area contributed by atoms with Gasteiger partial charge in [-0.2, -0.15) is 0 Å². The molecule has 3 unspecified atom stereocenters. The van der Waals surface area contributed by atoms with E-state index in [0.29, 0.717) is 24.2 Å². The first kappa shape index (κ1) is 13.7. The van der Waals surface area contributed by atoms with E-state index in [1.165, 1.54) is 19.3 Å². The van der Waals surface area contributed by atoms with Crippen LogP contribution in [-0.4, -0.2) is 17.0 Å². The van der Waals surface area contributed by atoms with Crippen LogP contribution in [0.4, 0.5) is 5.69 Å². The van der Waals surface area contributed by atoms with Crippen molar-refractivity contribution in [3.8, 4) is 0 Å². The van der Waals surface area contributed by atoms with Gasteiger partial charge in [-0.3, -0.25) is 14.9 Å². The van der Waals surface area contributed by atoms with E-state index in [9.17, 15) is 14.9 Å². The molecule has 0 aromatic heterocycles. The zero-order valence-corrected chi connectivity index (χ0v) is 12.3. The third-order valence-electron chi connectivity index (χ3n) is 5.99. The van der Waals surface area contributed by atoms with Crippen molar-refractivity contribution < 1.29 is 14.5 Å². The molecule has 0 radical (unpaired) electrons. The molecule has 4 bridgehead atoms. The van der Waals surface area contributed by atoms with E-state index in [-0.39, 0.29) is 22.1 Å². The monoisotopic (exact) mass is 301 g/mol. The van der Waals surface area contributed by atoms with E-state index < -0.39 is 0 Å². The average molecular weight is 301 g/mol. The molecular weight excluding hydrogens is 282 g/mol. The smallest absolute Gasteiger partial charge is 0.293 e. The highest BCUT2D eigenvalue weighted by Crippen LogP contribution is 2.63. The van der Waals surface area contributed by atoms with Gasteiger partial charge in [0.1, 0.15) is 5.60 Å². The SMILES string of the molecule is O=COC12CC3CC(CC(C3)C1c1ccc([N+](=O)[O-])cc1)C2. The van der Waals surface area contributed by atoms with Gasteiger partial charge in [0.25, 0.3) is 12.2 Å². The Bertz CT molecular complexity index is 598. The summed E-state index contributed by atoms with van der Waals surface area (Å²) in [6.07, 6.45) is 5.55. The summed E-state index contributed by atoms with van der Waals surface area (Å²) in [6.45, 7) is 0.603. The maximum absolute atomic E-state index is 11.1. The summed E-state index contributed by atoms with van der Waals surface area (Å²) in [5.74, 6) is 2.07. The first-order chi connectivity index (χ1) is 10.6. The number of ether oxygens (including phenoxy) is 1. The lowest BCUT2D eigenvalue weighted by Gasteiger charge is -2.60. The Labute approximate surface area is 128 Å². The fourth-order valence-corrected chi connectivity index (χ4v) is 5.61. The Morgan fingerprint density at radius 1 is 1.14 bits per heavy atom. The summed E-state index contributed by atoms with van der Waals surface area (Å²) >= 11 is 0. The van der Waals surface area contributed by atoms with Gasteiger partial charge in [0.05, 0.1) is 4.92 Å². The molecule has 0 N–H and O–H groups in total. The summed E-state index contributed by atoms with van der Waals surface area (Å²) in [5.41, 5.74) is 0.807. The molecule has 0 saturated heterocycles. The van der Waals surface area contributed by atoms with E-state index >= 15 is 0 Å². The molecule has 1 aromatic carbocycles. The zero-order valence-electron chi connectivity index (χ0n) is 12.3. The van der Waals surface area contributed by atoms with E-state index in [0.717, 1.165) is 18.4 Å². The number of nitrogens with zero attached hydrogens (tertiary/aromatic N) is 1. The number of benzene rings is 1. The molecule has 22 heavy (non-hydrogen) atoms. The Balaban J connectivity index is 1.72. The summed E-state index contributed by atoms with van der Waals surface area (Å²) in [7, 11) is 0. The summed E-state index contributed by atoms with van der Waals surface area (Å²) < 4.78 is 5.67.